The Labute approximate surface area is 128 Å². The zero-order chi connectivity index (χ0) is 13.5. The molecule has 0 aliphatic carbocycles. The number of halogens is 2. The van der Waals surface area contributed by atoms with Crippen molar-refractivity contribution in [3.63, 3.8) is 0 Å². The van der Waals surface area contributed by atoms with Gasteiger partial charge in [-0.3, -0.25) is 10.1 Å². The van der Waals surface area contributed by atoms with Gasteiger partial charge in [0.1, 0.15) is 0 Å². The van der Waals surface area contributed by atoms with E-state index in [2.05, 4.69) is 37.2 Å². The number of benzene rings is 2. The van der Waals surface area contributed by atoms with Crippen LogP contribution in [0.15, 0.2) is 48.5 Å². The number of phenols is 1. The summed E-state index contributed by atoms with van der Waals surface area (Å²) in [6.45, 7) is 0. The van der Waals surface area contributed by atoms with Crippen LogP contribution in [0, 0.1) is 10.1 Å². The van der Waals surface area contributed by atoms with E-state index in [9.17, 15) is 15.2 Å². The molecule has 2 rings (SSSR count). The monoisotopic (exact) mass is 469 g/mol. The topological polar surface area (TPSA) is 63.4 Å². The molecule has 0 heterocycles. The Bertz CT molecular complexity index is 532. The number of nitro groups is 1. The van der Waals surface area contributed by atoms with Gasteiger partial charge >= 0.3 is 5.69 Å². The molecule has 0 aliphatic heterocycles. The number of phenolic OH excluding ortho intramolecular Hbond substituents is 1. The summed E-state index contributed by atoms with van der Waals surface area (Å²) in [5, 5.41) is 20.0. The molecule has 1 N–H and O–H groups in total. The lowest BCUT2D eigenvalue weighted by Gasteiger charge is -2.02. The van der Waals surface area contributed by atoms with Gasteiger partial charge in [-0.15, -0.1) is 0 Å². The second kappa shape index (κ2) is 7.52. The van der Waals surface area contributed by atoms with E-state index in [1.807, 2.05) is 30.3 Å². The molecule has 0 bridgehead atoms. The van der Waals surface area contributed by atoms with Crippen LogP contribution in [0.25, 0.3) is 11.1 Å². The number of rotatable bonds is 2. The lowest BCUT2D eigenvalue weighted by Crippen LogP contribution is -1.89. The molecule has 0 amide bonds. The summed E-state index contributed by atoms with van der Waals surface area (Å²) >= 11 is 4.24. The maximum atomic E-state index is 10.7. The van der Waals surface area contributed by atoms with Crippen LogP contribution in [0.5, 0.6) is 5.75 Å². The Morgan fingerprint density at radius 3 is 2.17 bits per heavy atom. The van der Waals surface area contributed by atoms with Crippen molar-refractivity contribution in [2.75, 3.05) is 0 Å². The van der Waals surface area contributed by atoms with Gasteiger partial charge in [-0.05, 0) is 17.2 Å². The van der Waals surface area contributed by atoms with Crippen molar-refractivity contribution in [2.45, 2.75) is 0 Å². The molecule has 0 saturated heterocycles. The maximum Gasteiger partial charge on any atom is 0.311 e. The van der Waals surface area contributed by atoms with Crippen molar-refractivity contribution in [1.82, 2.24) is 0 Å². The highest BCUT2D eigenvalue weighted by Gasteiger charge is 2.13. The molecule has 0 saturated carbocycles. The lowest BCUT2D eigenvalue weighted by atomic mass is 10.1. The standard InChI is InChI=1S/C12H9NO3.I2/c14-12-7-6-10(8-11(12)13(15)16)9-4-2-1-3-5-9;1-2/h1-8,14H;. The Hall–Kier alpha value is -0.900. The average molecular weight is 469 g/mol. The third-order valence-electron chi connectivity index (χ3n) is 2.28. The van der Waals surface area contributed by atoms with Gasteiger partial charge in [0.05, 0.1) is 4.92 Å². The van der Waals surface area contributed by atoms with E-state index in [-0.39, 0.29) is 11.4 Å². The minimum atomic E-state index is -0.595. The summed E-state index contributed by atoms with van der Waals surface area (Å²) in [6, 6.07) is 13.6. The van der Waals surface area contributed by atoms with Crippen LogP contribution >= 0.6 is 37.2 Å². The maximum absolute atomic E-state index is 10.7. The van der Waals surface area contributed by atoms with Gasteiger partial charge in [-0.2, -0.15) is 0 Å². The molecule has 0 spiro atoms. The van der Waals surface area contributed by atoms with Gasteiger partial charge in [-0.1, -0.05) is 36.4 Å². The predicted octanol–water partition coefficient (Wildman–Crippen LogP) is 4.74. The van der Waals surface area contributed by atoms with Crippen LogP contribution in [-0.2, 0) is 0 Å². The Balaban J connectivity index is 0.000000771. The Morgan fingerprint density at radius 1 is 1.00 bits per heavy atom. The molecule has 6 heteroatoms. The molecule has 0 atom stereocenters. The highest BCUT2D eigenvalue weighted by molar-refractivity contribution is 15.0. The van der Waals surface area contributed by atoms with Crippen LogP contribution < -0.4 is 0 Å². The van der Waals surface area contributed by atoms with Crippen LogP contribution in [-0.4, -0.2) is 10.0 Å². The summed E-state index contributed by atoms with van der Waals surface area (Å²) in [4.78, 5) is 10.1. The van der Waals surface area contributed by atoms with Crippen LogP contribution in [0.1, 0.15) is 0 Å². The quantitative estimate of drug-likeness (QED) is 0.393. The van der Waals surface area contributed by atoms with Gasteiger partial charge in [0.25, 0.3) is 0 Å². The largest absolute Gasteiger partial charge is 0.502 e. The summed E-state index contributed by atoms with van der Waals surface area (Å²) < 4.78 is 0. The second-order valence-corrected chi connectivity index (χ2v) is 3.33. The molecule has 94 valence electrons. The highest BCUT2D eigenvalue weighted by atomic mass is 128. The fraction of sp³-hybridized carbons (Fsp3) is 0. The minimum Gasteiger partial charge on any atom is -0.502 e. The number of nitrogens with zero attached hydrogens (tertiary/aromatic N) is 1. The first kappa shape index (κ1) is 15.2. The Kier molecular flexibility index (Phi) is 6.33. The van der Waals surface area contributed by atoms with E-state index in [4.69, 9.17) is 0 Å². The molecule has 18 heavy (non-hydrogen) atoms. The van der Waals surface area contributed by atoms with Gasteiger partial charge < -0.3 is 5.11 Å². The SMILES string of the molecule is II.O=[N+]([O-])c1cc(-c2ccccc2)ccc1O. The summed E-state index contributed by atoms with van der Waals surface area (Å²) in [7, 11) is 0. The van der Waals surface area contributed by atoms with Crippen molar-refractivity contribution < 1.29 is 10.0 Å². The van der Waals surface area contributed by atoms with Crippen molar-refractivity contribution in [3.8, 4) is 16.9 Å². The lowest BCUT2D eigenvalue weighted by molar-refractivity contribution is -0.385. The fourth-order valence-corrected chi connectivity index (χ4v) is 1.48. The van der Waals surface area contributed by atoms with Crippen molar-refractivity contribution in [1.29, 1.82) is 0 Å². The molecule has 2 aromatic rings. The zero-order valence-electron chi connectivity index (χ0n) is 9.09. The van der Waals surface area contributed by atoms with E-state index >= 15 is 0 Å². The van der Waals surface area contributed by atoms with Gasteiger partial charge in [0, 0.05) is 43.3 Å². The second-order valence-electron chi connectivity index (χ2n) is 3.33. The molecule has 0 aromatic heterocycles. The number of nitro benzene ring substituents is 1. The fourth-order valence-electron chi connectivity index (χ4n) is 1.48. The normalized spacial score (nSPS) is 9.22. The molecule has 4 nitrogen and oxygen atoms in total. The molecule has 2 aromatic carbocycles. The molecule has 0 radical (unpaired) electrons. The first-order chi connectivity index (χ1) is 8.68. The van der Waals surface area contributed by atoms with Crippen molar-refractivity contribution >= 4 is 42.9 Å². The average Bonchev–Trinajstić information content (AvgIpc) is 2.42. The number of hydrogen-bond donors (Lipinski definition) is 1. The Morgan fingerprint density at radius 2 is 1.61 bits per heavy atom. The van der Waals surface area contributed by atoms with Crippen LogP contribution in [0.4, 0.5) is 5.69 Å². The highest BCUT2D eigenvalue weighted by Crippen LogP contribution is 2.30. The summed E-state index contributed by atoms with van der Waals surface area (Å²) in [6.07, 6.45) is 0. The minimum absolute atomic E-state index is 0.277. The third kappa shape index (κ3) is 3.80. The van der Waals surface area contributed by atoms with E-state index in [1.54, 1.807) is 6.07 Å². The van der Waals surface area contributed by atoms with Gasteiger partial charge in [0.15, 0.2) is 5.75 Å². The van der Waals surface area contributed by atoms with Crippen LogP contribution in [0.2, 0.25) is 0 Å². The van der Waals surface area contributed by atoms with E-state index in [1.165, 1.54) is 12.1 Å². The molecular weight excluding hydrogens is 460 g/mol. The van der Waals surface area contributed by atoms with E-state index in [0.717, 1.165) is 5.56 Å². The van der Waals surface area contributed by atoms with E-state index < -0.39 is 4.92 Å². The van der Waals surface area contributed by atoms with Crippen molar-refractivity contribution in [3.05, 3.63) is 58.6 Å². The summed E-state index contributed by atoms with van der Waals surface area (Å²) in [5.41, 5.74) is 1.32. The molecule has 0 fully saturated rings. The number of aromatic hydroxyl groups is 1. The third-order valence-corrected chi connectivity index (χ3v) is 2.28. The summed E-state index contributed by atoms with van der Waals surface area (Å²) in [5.74, 6) is -0.315. The smallest absolute Gasteiger partial charge is 0.311 e. The number of hydrogen-bond acceptors (Lipinski definition) is 3. The van der Waals surface area contributed by atoms with Crippen LogP contribution in [0.3, 0.4) is 0 Å². The van der Waals surface area contributed by atoms with E-state index in [0.29, 0.717) is 5.56 Å². The van der Waals surface area contributed by atoms with Crippen molar-refractivity contribution in [2.24, 2.45) is 0 Å². The first-order valence-electron chi connectivity index (χ1n) is 4.85. The van der Waals surface area contributed by atoms with Gasteiger partial charge in [0.2, 0.25) is 0 Å². The predicted molar refractivity (Wildman–Crippen MR) is 88.2 cm³/mol. The first-order valence-corrected chi connectivity index (χ1v) is 11.1. The molecular formula is C12H9I2NO3. The zero-order valence-corrected chi connectivity index (χ0v) is 13.4. The van der Waals surface area contributed by atoms with Gasteiger partial charge in [-0.25, -0.2) is 0 Å². The molecule has 0 unspecified atom stereocenters. The molecule has 0 aliphatic rings.